The van der Waals surface area contributed by atoms with Crippen molar-refractivity contribution >= 4 is 15.9 Å². The molecule has 1 heterocycles. The fourth-order valence-corrected chi connectivity index (χ4v) is 2.78. The van der Waals surface area contributed by atoms with Gasteiger partial charge in [-0.05, 0) is 18.6 Å². The minimum Gasteiger partial charge on any atom is -0.508 e. The van der Waals surface area contributed by atoms with Crippen LogP contribution in [0.1, 0.15) is 18.0 Å². The van der Waals surface area contributed by atoms with Crippen molar-refractivity contribution in [2.75, 3.05) is 32.9 Å². The predicted octanol–water partition coefficient (Wildman–Crippen LogP) is 2.46. The largest absolute Gasteiger partial charge is 0.508 e. The SMILES string of the molecule is Oc1cc(Br)ccc1[C@H](CCF)N1CCNCC1. The maximum Gasteiger partial charge on any atom is 0.121 e. The van der Waals surface area contributed by atoms with E-state index in [1.54, 1.807) is 6.07 Å². The van der Waals surface area contributed by atoms with Gasteiger partial charge in [0.1, 0.15) is 5.75 Å². The highest BCUT2D eigenvalue weighted by molar-refractivity contribution is 9.10. The average Bonchev–Trinajstić information content (AvgIpc) is 2.38. The van der Waals surface area contributed by atoms with Crippen LogP contribution in [0.4, 0.5) is 4.39 Å². The van der Waals surface area contributed by atoms with Crippen LogP contribution < -0.4 is 5.32 Å². The summed E-state index contributed by atoms with van der Waals surface area (Å²) < 4.78 is 13.6. The number of alkyl halides is 1. The topological polar surface area (TPSA) is 35.5 Å². The molecule has 1 aromatic carbocycles. The number of phenols is 1. The van der Waals surface area contributed by atoms with Crippen LogP contribution in [0.3, 0.4) is 0 Å². The maximum absolute atomic E-state index is 12.8. The molecule has 0 unspecified atom stereocenters. The van der Waals surface area contributed by atoms with Gasteiger partial charge in [-0.25, -0.2) is 0 Å². The number of phenolic OH excluding ortho intramolecular Hbond substituents is 1. The molecule has 3 nitrogen and oxygen atoms in total. The lowest BCUT2D eigenvalue weighted by atomic mass is 10.0. The number of hydrogen-bond acceptors (Lipinski definition) is 3. The summed E-state index contributed by atoms with van der Waals surface area (Å²) in [4.78, 5) is 2.24. The molecular weight excluding hydrogens is 299 g/mol. The van der Waals surface area contributed by atoms with Crippen molar-refractivity contribution in [2.45, 2.75) is 12.5 Å². The van der Waals surface area contributed by atoms with E-state index in [2.05, 4.69) is 26.1 Å². The van der Waals surface area contributed by atoms with E-state index in [4.69, 9.17) is 0 Å². The highest BCUT2D eigenvalue weighted by Crippen LogP contribution is 2.33. The van der Waals surface area contributed by atoms with E-state index in [9.17, 15) is 9.50 Å². The summed E-state index contributed by atoms with van der Waals surface area (Å²) in [5.74, 6) is 0.237. The summed E-state index contributed by atoms with van der Waals surface area (Å²) in [6.45, 7) is 3.24. The van der Waals surface area contributed by atoms with Gasteiger partial charge in [0.15, 0.2) is 0 Å². The van der Waals surface area contributed by atoms with E-state index < -0.39 is 0 Å². The number of halogens is 2. The quantitative estimate of drug-likeness (QED) is 0.895. The highest BCUT2D eigenvalue weighted by Gasteiger charge is 2.24. The first-order valence-corrected chi connectivity index (χ1v) is 7.01. The number of benzene rings is 1. The maximum atomic E-state index is 12.8. The van der Waals surface area contributed by atoms with Crippen LogP contribution in [0, 0.1) is 0 Å². The summed E-state index contributed by atoms with van der Waals surface area (Å²) >= 11 is 3.32. The molecule has 2 N–H and O–H groups in total. The molecule has 1 aliphatic heterocycles. The molecule has 0 aliphatic carbocycles. The summed E-state index contributed by atoms with van der Waals surface area (Å²) in [6, 6.07) is 5.40. The van der Waals surface area contributed by atoms with Gasteiger partial charge in [0.25, 0.3) is 0 Å². The fraction of sp³-hybridized carbons (Fsp3) is 0.538. The van der Waals surface area contributed by atoms with Crippen molar-refractivity contribution in [1.29, 1.82) is 0 Å². The summed E-state index contributed by atoms with van der Waals surface area (Å²) in [5, 5.41) is 13.3. The van der Waals surface area contributed by atoms with Crippen LogP contribution in [0.15, 0.2) is 22.7 Å². The predicted molar refractivity (Wildman–Crippen MR) is 73.6 cm³/mol. The monoisotopic (exact) mass is 316 g/mol. The number of aromatic hydroxyl groups is 1. The van der Waals surface area contributed by atoms with Gasteiger partial charge in [-0.15, -0.1) is 0 Å². The third kappa shape index (κ3) is 3.22. The Balaban J connectivity index is 2.22. The Kier molecular flexibility index (Phi) is 4.97. The third-order valence-corrected chi connectivity index (χ3v) is 3.82. The van der Waals surface area contributed by atoms with Crippen molar-refractivity contribution in [3.05, 3.63) is 28.2 Å². The molecule has 0 saturated carbocycles. The number of rotatable bonds is 4. The summed E-state index contributed by atoms with van der Waals surface area (Å²) in [7, 11) is 0. The molecule has 0 amide bonds. The molecular formula is C13H18BrFN2O. The smallest absolute Gasteiger partial charge is 0.121 e. The Bertz CT molecular complexity index is 397. The van der Waals surface area contributed by atoms with Crippen LogP contribution in [-0.2, 0) is 0 Å². The Labute approximate surface area is 115 Å². The van der Waals surface area contributed by atoms with E-state index in [-0.39, 0.29) is 18.5 Å². The van der Waals surface area contributed by atoms with Crippen molar-refractivity contribution in [3.8, 4) is 5.75 Å². The zero-order valence-corrected chi connectivity index (χ0v) is 11.8. The van der Waals surface area contributed by atoms with Gasteiger partial charge in [-0.1, -0.05) is 22.0 Å². The van der Waals surface area contributed by atoms with Gasteiger partial charge in [0.05, 0.1) is 6.67 Å². The standard InChI is InChI=1S/C13H18BrFN2O/c14-10-1-2-11(13(18)9-10)12(3-4-15)17-7-5-16-6-8-17/h1-2,9,12,16,18H,3-8H2/t12-/m0/s1. The third-order valence-electron chi connectivity index (χ3n) is 3.33. The lowest BCUT2D eigenvalue weighted by Gasteiger charge is -2.35. The Morgan fingerprint density at radius 1 is 1.39 bits per heavy atom. The fourth-order valence-electron chi connectivity index (χ4n) is 2.43. The Hall–Kier alpha value is -0.650. The first-order chi connectivity index (χ1) is 8.72. The summed E-state index contributed by atoms with van der Waals surface area (Å²) in [5.41, 5.74) is 0.817. The van der Waals surface area contributed by atoms with Crippen LogP contribution in [-0.4, -0.2) is 42.9 Å². The Morgan fingerprint density at radius 3 is 2.72 bits per heavy atom. The molecule has 0 spiro atoms. The van der Waals surface area contributed by atoms with Gasteiger partial charge in [-0.3, -0.25) is 9.29 Å². The molecule has 1 atom stereocenters. The number of piperazine rings is 1. The van der Waals surface area contributed by atoms with Crippen molar-refractivity contribution in [2.24, 2.45) is 0 Å². The van der Waals surface area contributed by atoms with E-state index in [0.717, 1.165) is 36.2 Å². The van der Waals surface area contributed by atoms with E-state index in [1.165, 1.54) is 0 Å². The highest BCUT2D eigenvalue weighted by atomic mass is 79.9. The molecule has 2 rings (SSSR count). The molecule has 100 valence electrons. The number of nitrogens with one attached hydrogen (secondary N) is 1. The van der Waals surface area contributed by atoms with Crippen molar-refractivity contribution < 1.29 is 9.50 Å². The second-order valence-electron chi connectivity index (χ2n) is 4.48. The van der Waals surface area contributed by atoms with Gasteiger partial charge < -0.3 is 10.4 Å². The molecule has 0 aromatic heterocycles. The first kappa shape index (κ1) is 13.8. The molecule has 1 aliphatic rings. The zero-order valence-electron chi connectivity index (χ0n) is 10.2. The van der Waals surface area contributed by atoms with Crippen molar-refractivity contribution in [1.82, 2.24) is 10.2 Å². The second-order valence-corrected chi connectivity index (χ2v) is 5.40. The average molecular weight is 317 g/mol. The molecule has 0 radical (unpaired) electrons. The molecule has 1 saturated heterocycles. The molecule has 0 bridgehead atoms. The van der Waals surface area contributed by atoms with E-state index >= 15 is 0 Å². The van der Waals surface area contributed by atoms with Crippen molar-refractivity contribution in [3.63, 3.8) is 0 Å². The van der Waals surface area contributed by atoms with Crippen LogP contribution >= 0.6 is 15.9 Å². The lowest BCUT2D eigenvalue weighted by Crippen LogP contribution is -2.45. The zero-order chi connectivity index (χ0) is 13.0. The minimum absolute atomic E-state index is 0.0369. The first-order valence-electron chi connectivity index (χ1n) is 6.21. The molecule has 1 fully saturated rings. The van der Waals surface area contributed by atoms with Gasteiger partial charge in [0, 0.05) is 42.3 Å². The second kappa shape index (κ2) is 6.50. The molecule has 5 heteroatoms. The minimum atomic E-state index is -0.371. The van der Waals surface area contributed by atoms with E-state index in [0.29, 0.717) is 6.42 Å². The number of nitrogens with zero attached hydrogens (tertiary/aromatic N) is 1. The van der Waals surface area contributed by atoms with Gasteiger partial charge in [0.2, 0.25) is 0 Å². The number of hydrogen-bond donors (Lipinski definition) is 2. The van der Waals surface area contributed by atoms with Gasteiger partial charge >= 0.3 is 0 Å². The van der Waals surface area contributed by atoms with E-state index in [1.807, 2.05) is 12.1 Å². The van der Waals surface area contributed by atoms with Gasteiger partial charge in [-0.2, -0.15) is 0 Å². The molecule has 1 aromatic rings. The van der Waals surface area contributed by atoms with Crippen LogP contribution in [0.25, 0.3) is 0 Å². The lowest BCUT2D eigenvalue weighted by molar-refractivity contribution is 0.155. The van der Waals surface area contributed by atoms with Crippen LogP contribution in [0.2, 0.25) is 0 Å². The molecule has 18 heavy (non-hydrogen) atoms. The summed E-state index contributed by atoms with van der Waals surface area (Å²) in [6.07, 6.45) is 0.426. The Morgan fingerprint density at radius 2 is 2.11 bits per heavy atom. The normalized spacial score (nSPS) is 18.8. The van der Waals surface area contributed by atoms with Crippen LogP contribution in [0.5, 0.6) is 5.75 Å².